The first kappa shape index (κ1) is 10.5. The Hall–Kier alpha value is -2.03. The van der Waals surface area contributed by atoms with Crippen molar-refractivity contribution in [3.8, 4) is 0 Å². The molecule has 16 heavy (non-hydrogen) atoms. The molecule has 1 atom stereocenters. The molecule has 2 aromatic rings. The van der Waals surface area contributed by atoms with Crippen LogP contribution in [0.2, 0.25) is 0 Å². The molecule has 0 aliphatic rings. The van der Waals surface area contributed by atoms with Gasteiger partial charge in [-0.2, -0.15) is 0 Å². The van der Waals surface area contributed by atoms with E-state index < -0.39 is 6.10 Å². The van der Waals surface area contributed by atoms with E-state index in [4.69, 9.17) is 5.53 Å². The quantitative estimate of drug-likeness (QED) is 0.474. The van der Waals surface area contributed by atoms with Crippen molar-refractivity contribution in [1.29, 1.82) is 0 Å². The van der Waals surface area contributed by atoms with Crippen LogP contribution in [-0.2, 0) is 0 Å². The van der Waals surface area contributed by atoms with Gasteiger partial charge in [-0.1, -0.05) is 47.6 Å². The molecule has 80 valence electrons. The molecule has 0 amide bonds. The highest BCUT2D eigenvalue weighted by atomic mass is 16.3. The number of hydrogen-bond donors (Lipinski definition) is 1. The van der Waals surface area contributed by atoms with Crippen LogP contribution in [0.15, 0.2) is 47.6 Å². The minimum absolute atomic E-state index is 0.0600. The highest BCUT2D eigenvalue weighted by Crippen LogP contribution is 2.24. The number of aliphatic hydroxyl groups is 1. The van der Waals surface area contributed by atoms with Crippen LogP contribution in [-0.4, -0.2) is 11.7 Å². The van der Waals surface area contributed by atoms with E-state index >= 15 is 0 Å². The van der Waals surface area contributed by atoms with Crippen LogP contribution in [0, 0.1) is 0 Å². The summed E-state index contributed by atoms with van der Waals surface area (Å²) in [7, 11) is 0. The first-order valence-corrected chi connectivity index (χ1v) is 4.99. The Morgan fingerprint density at radius 2 is 1.94 bits per heavy atom. The van der Waals surface area contributed by atoms with E-state index in [1.165, 1.54) is 0 Å². The maximum Gasteiger partial charge on any atom is 0.0852 e. The van der Waals surface area contributed by atoms with E-state index in [0.717, 1.165) is 16.3 Å². The Balaban J connectivity index is 2.47. The van der Waals surface area contributed by atoms with E-state index in [-0.39, 0.29) is 6.54 Å². The molecule has 1 N–H and O–H groups in total. The van der Waals surface area contributed by atoms with Gasteiger partial charge < -0.3 is 5.11 Å². The average molecular weight is 213 g/mol. The van der Waals surface area contributed by atoms with Gasteiger partial charge in [0.05, 0.1) is 12.6 Å². The Morgan fingerprint density at radius 3 is 2.75 bits per heavy atom. The summed E-state index contributed by atoms with van der Waals surface area (Å²) in [6, 6.07) is 13.5. The molecule has 0 saturated carbocycles. The molecule has 4 nitrogen and oxygen atoms in total. The number of nitrogens with zero attached hydrogens (tertiary/aromatic N) is 3. The summed E-state index contributed by atoms with van der Waals surface area (Å²) in [6.07, 6.45) is -0.748. The zero-order chi connectivity index (χ0) is 11.4. The van der Waals surface area contributed by atoms with Crippen LogP contribution in [0.1, 0.15) is 11.7 Å². The van der Waals surface area contributed by atoms with Crippen LogP contribution in [0.4, 0.5) is 0 Å². The lowest BCUT2D eigenvalue weighted by atomic mass is 10.0. The SMILES string of the molecule is [N-]=[N+]=NCC(O)c1cccc2ccccc12. The lowest BCUT2D eigenvalue weighted by Gasteiger charge is -2.11. The standard InChI is InChI=1S/C12H11N3O/c13-15-14-8-12(16)11-7-3-5-9-4-1-2-6-10(9)11/h1-7,12,16H,8H2. The molecule has 2 rings (SSSR count). The minimum atomic E-state index is -0.748. The fourth-order valence-electron chi connectivity index (χ4n) is 1.75. The molecule has 0 saturated heterocycles. The number of azide groups is 1. The van der Waals surface area contributed by atoms with Gasteiger partial charge in [0.2, 0.25) is 0 Å². The Kier molecular flexibility index (Phi) is 3.05. The van der Waals surface area contributed by atoms with E-state index in [1.54, 1.807) is 0 Å². The maximum atomic E-state index is 9.88. The number of rotatable bonds is 3. The minimum Gasteiger partial charge on any atom is -0.388 e. The van der Waals surface area contributed by atoms with Gasteiger partial charge in [0.1, 0.15) is 0 Å². The third kappa shape index (κ3) is 1.98. The number of aliphatic hydroxyl groups excluding tert-OH is 1. The second-order valence-electron chi connectivity index (χ2n) is 3.50. The van der Waals surface area contributed by atoms with Gasteiger partial charge in [0.25, 0.3) is 0 Å². The molecule has 0 radical (unpaired) electrons. The van der Waals surface area contributed by atoms with Gasteiger partial charge in [0.15, 0.2) is 0 Å². The van der Waals surface area contributed by atoms with E-state index in [2.05, 4.69) is 10.0 Å². The second-order valence-corrected chi connectivity index (χ2v) is 3.50. The van der Waals surface area contributed by atoms with Gasteiger partial charge in [-0.3, -0.25) is 0 Å². The second kappa shape index (κ2) is 4.66. The van der Waals surface area contributed by atoms with E-state index in [1.807, 2.05) is 42.5 Å². The summed E-state index contributed by atoms with van der Waals surface area (Å²) in [4.78, 5) is 2.65. The third-order valence-electron chi connectivity index (χ3n) is 2.50. The lowest BCUT2D eigenvalue weighted by Crippen LogP contribution is -2.01. The summed E-state index contributed by atoms with van der Waals surface area (Å²) in [5, 5.41) is 15.3. The first-order valence-electron chi connectivity index (χ1n) is 4.99. The van der Waals surface area contributed by atoms with Crippen molar-refractivity contribution in [3.63, 3.8) is 0 Å². The normalized spacial score (nSPS) is 12.1. The summed E-state index contributed by atoms with van der Waals surface area (Å²) in [5.41, 5.74) is 9.02. The summed E-state index contributed by atoms with van der Waals surface area (Å²) < 4.78 is 0. The summed E-state index contributed by atoms with van der Waals surface area (Å²) in [5.74, 6) is 0. The highest BCUT2D eigenvalue weighted by molar-refractivity contribution is 5.85. The number of fused-ring (bicyclic) bond motifs is 1. The van der Waals surface area contributed by atoms with Crippen LogP contribution in [0.3, 0.4) is 0 Å². The van der Waals surface area contributed by atoms with Crippen LogP contribution >= 0.6 is 0 Å². The maximum absolute atomic E-state index is 9.88. The molecule has 1 unspecified atom stereocenters. The molecule has 0 aliphatic heterocycles. The fraction of sp³-hybridized carbons (Fsp3) is 0.167. The molecule has 0 bridgehead atoms. The van der Waals surface area contributed by atoms with Crippen LogP contribution in [0.5, 0.6) is 0 Å². The van der Waals surface area contributed by atoms with Crippen molar-refractivity contribution >= 4 is 10.8 Å². The van der Waals surface area contributed by atoms with Crippen LogP contribution in [0.25, 0.3) is 21.2 Å². The largest absolute Gasteiger partial charge is 0.388 e. The van der Waals surface area contributed by atoms with Crippen molar-refractivity contribution in [2.24, 2.45) is 5.11 Å². The predicted octanol–water partition coefficient (Wildman–Crippen LogP) is 3.18. The molecular formula is C12H11N3O. The van der Waals surface area contributed by atoms with Gasteiger partial charge in [-0.05, 0) is 21.9 Å². The number of benzene rings is 2. The molecule has 4 heteroatoms. The molecule has 2 aromatic carbocycles. The Labute approximate surface area is 92.8 Å². The lowest BCUT2D eigenvalue weighted by molar-refractivity contribution is 0.188. The number of hydrogen-bond acceptors (Lipinski definition) is 2. The molecule has 0 heterocycles. The van der Waals surface area contributed by atoms with Crippen molar-refractivity contribution < 1.29 is 5.11 Å². The summed E-state index contributed by atoms with van der Waals surface area (Å²) >= 11 is 0. The van der Waals surface area contributed by atoms with Gasteiger partial charge in [-0.15, -0.1) is 0 Å². The smallest absolute Gasteiger partial charge is 0.0852 e. The van der Waals surface area contributed by atoms with Crippen molar-refractivity contribution in [1.82, 2.24) is 0 Å². The van der Waals surface area contributed by atoms with Crippen molar-refractivity contribution in [2.75, 3.05) is 6.54 Å². The van der Waals surface area contributed by atoms with Crippen molar-refractivity contribution in [3.05, 3.63) is 58.5 Å². The van der Waals surface area contributed by atoms with Gasteiger partial charge >= 0.3 is 0 Å². The zero-order valence-electron chi connectivity index (χ0n) is 8.61. The summed E-state index contributed by atoms with van der Waals surface area (Å²) in [6.45, 7) is 0.0600. The van der Waals surface area contributed by atoms with Crippen LogP contribution < -0.4 is 0 Å². The van der Waals surface area contributed by atoms with Crippen molar-refractivity contribution in [2.45, 2.75) is 6.10 Å². The predicted molar refractivity (Wildman–Crippen MR) is 62.9 cm³/mol. The van der Waals surface area contributed by atoms with Gasteiger partial charge in [0, 0.05) is 4.91 Å². The monoisotopic (exact) mass is 213 g/mol. The zero-order valence-corrected chi connectivity index (χ0v) is 8.61. The first-order chi connectivity index (χ1) is 7.83. The molecule has 0 aliphatic carbocycles. The molecular weight excluding hydrogens is 202 g/mol. The van der Waals surface area contributed by atoms with E-state index in [0.29, 0.717) is 0 Å². The van der Waals surface area contributed by atoms with E-state index in [9.17, 15) is 5.11 Å². The fourth-order valence-corrected chi connectivity index (χ4v) is 1.75. The molecule has 0 fully saturated rings. The molecule has 0 aromatic heterocycles. The average Bonchev–Trinajstić information content (AvgIpc) is 2.35. The Morgan fingerprint density at radius 1 is 1.19 bits per heavy atom. The highest BCUT2D eigenvalue weighted by Gasteiger charge is 2.09. The third-order valence-corrected chi connectivity index (χ3v) is 2.50. The Bertz CT molecular complexity index is 541. The van der Waals surface area contributed by atoms with Gasteiger partial charge in [-0.25, -0.2) is 0 Å². The molecule has 0 spiro atoms. The topological polar surface area (TPSA) is 69.0 Å².